The maximum absolute atomic E-state index is 11.6. The lowest BCUT2D eigenvalue weighted by atomic mass is 10.5. The average Bonchev–Trinajstić information content (AvgIpc) is 2.13. The Balaban J connectivity index is 3.13. The number of aromatic nitrogens is 1. The largest absolute Gasteiger partial charge is 0.362 e. The van der Waals surface area contributed by atoms with Crippen molar-refractivity contribution < 1.29 is 25.8 Å². The highest BCUT2D eigenvalue weighted by Gasteiger charge is 2.18. The third-order valence-electron chi connectivity index (χ3n) is 1.49. The number of carbonyl (C=O) groups excluding carboxylic acids is 1. The summed E-state index contributed by atoms with van der Waals surface area (Å²) in [4.78, 5) is 14.2. The molecule has 0 unspecified atom stereocenters. The number of hydrogen-bond donors (Lipinski definition) is 1. The normalized spacial score (nSPS) is 11.9. The molecular formula is C8H10N2O6S2. The summed E-state index contributed by atoms with van der Waals surface area (Å²) in [6, 6.07) is 3.51. The molecule has 1 N–H and O–H groups in total. The monoisotopic (exact) mass is 294 g/mol. The van der Waals surface area contributed by atoms with Gasteiger partial charge in [0.2, 0.25) is 11.8 Å². The van der Waals surface area contributed by atoms with Gasteiger partial charge < -0.3 is 4.18 Å². The summed E-state index contributed by atoms with van der Waals surface area (Å²) in [7, 11) is -7.93. The second kappa shape index (κ2) is 4.90. The van der Waals surface area contributed by atoms with Gasteiger partial charge in [0, 0.05) is 13.0 Å². The van der Waals surface area contributed by atoms with E-state index in [1.165, 1.54) is 12.1 Å². The zero-order chi connectivity index (χ0) is 14.0. The van der Waals surface area contributed by atoms with E-state index in [9.17, 15) is 21.6 Å². The molecular weight excluding hydrogens is 284 g/mol. The van der Waals surface area contributed by atoms with Crippen LogP contribution in [0, 0.1) is 0 Å². The minimum atomic E-state index is -4.12. The molecule has 0 bridgehead atoms. The number of pyridine rings is 1. The van der Waals surface area contributed by atoms with E-state index in [4.69, 9.17) is 0 Å². The average molecular weight is 294 g/mol. The van der Waals surface area contributed by atoms with Crippen molar-refractivity contribution >= 4 is 26.0 Å². The molecule has 0 saturated carbocycles. The fourth-order valence-electron chi connectivity index (χ4n) is 0.989. The Morgan fingerprint density at radius 2 is 1.89 bits per heavy atom. The molecule has 18 heavy (non-hydrogen) atoms. The molecule has 0 aromatic carbocycles. The standard InChI is InChI=1S/C8H10N2O6S2/c1-6(11)10-18(14,15)8-5-3-4-7(9-8)16-17(2,12)13/h3-5H,1-2H3,(H,10,11). The molecule has 0 atom stereocenters. The summed E-state index contributed by atoms with van der Waals surface area (Å²) < 4.78 is 51.0. The molecule has 10 heteroatoms. The van der Waals surface area contributed by atoms with Gasteiger partial charge in [0.1, 0.15) is 0 Å². The zero-order valence-corrected chi connectivity index (χ0v) is 11.1. The highest BCUT2D eigenvalue weighted by Crippen LogP contribution is 2.13. The highest BCUT2D eigenvalue weighted by atomic mass is 32.2. The number of amides is 1. The van der Waals surface area contributed by atoms with Crippen LogP contribution in [0.5, 0.6) is 5.88 Å². The van der Waals surface area contributed by atoms with Crippen LogP contribution in [-0.4, -0.2) is 34.0 Å². The molecule has 0 radical (unpaired) electrons. The van der Waals surface area contributed by atoms with Gasteiger partial charge in [-0.15, -0.1) is 0 Å². The molecule has 0 aliphatic rings. The molecule has 1 rings (SSSR count). The van der Waals surface area contributed by atoms with Crippen LogP contribution in [0.2, 0.25) is 0 Å². The van der Waals surface area contributed by atoms with Crippen LogP contribution in [0.15, 0.2) is 23.2 Å². The number of carbonyl (C=O) groups is 1. The molecule has 8 nitrogen and oxygen atoms in total. The molecule has 0 aliphatic carbocycles. The van der Waals surface area contributed by atoms with Gasteiger partial charge in [-0.05, 0) is 6.07 Å². The lowest BCUT2D eigenvalue weighted by molar-refractivity contribution is -0.117. The molecule has 0 fully saturated rings. The Morgan fingerprint density at radius 1 is 1.28 bits per heavy atom. The van der Waals surface area contributed by atoms with Crippen LogP contribution in [0.3, 0.4) is 0 Å². The Bertz CT molecular complexity index is 665. The maximum atomic E-state index is 11.6. The van der Waals surface area contributed by atoms with Crippen molar-refractivity contribution in [1.82, 2.24) is 9.71 Å². The molecule has 0 spiro atoms. The maximum Gasteiger partial charge on any atom is 0.307 e. The van der Waals surface area contributed by atoms with Crippen LogP contribution in [0.1, 0.15) is 6.92 Å². The molecule has 1 aromatic heterocycles. The molecule has 0 aliphatic heterocycles. The zero-order valence-electron chi connectivity index (χ0n) is 9.45. The summed E-state index contributed by atoms with van der Waals surface area (Å²) in [6.07, 6.45) is 0.795. The van der Waals surface area contributed by atoms with Gasteiger partial charge >= 0.3 is 10.1 Å². The van der Waals surface area contributed by atoms with Crippen LogP contribution in [0.4, 0.5) is 0 Å². The van der Waals surface area contributed by atoms with Gasteiger partial charge in [0.05, 0.1) is 6.26 Å². The lowest BCUT2D eigenvalue weighted by Gasteiger charge is -2.05. The van der Waals surface area contributed by atoms with Gasteiger partial charge in [0.15, 0.2) is 5.03 Å². The minimum absolute atomic E-state index is 0.399. The number of nitrogens with zero attached hydrogens (tertiary/aromatic N) is 1. The second-order valence-electron chi connectivity index (χ2n) is 3.26. The first-order valence-electron chi connectivity index (χ1n) is 4.50. The van der Waals surface area contributed by atoms with Crippen molar-refractivity contribution in [3.05, 3.63) is 18.2 Å². The first-order chi connectivity index (χ1) is 8.10. The van der Waals surface area contributed by atoms with Gasteiger partial charge in [-0.3, -0.25) is 4.79 Å². The fourth-order valence-corrected chi connectivity index (χ4v) is 2.34. The van der Waals surface area contributed by atoms with Crippen LogP contribution < -0.4 is 8.91 Å². The summed E-state index contributed by atoms with van der Waals surface area (Å²) in [5.74, 6) is -1.19. The fraction of sp³-hybridized carbons (Fsp3) is 0.250. The van der Waals surface area contributed by atoms with Crippen LogP contribution in [-0.2, 0) is 24.9 Å². The Morgan fingerprint density at radius 3 is 2.39 bits per heavy atom. The minimum Gasteiger partial charge on any atom is -0.362 e. The lowest BCUT2D eigenvalue weighted by Crippen LogP contribution is -2.28. The molecule has 1 aromatic rings. The van der Waals surface area contributed by atoms with Crippen molar-refractivity contribution in [3.63, 3.8) is 0 Å². The van der Waals surface area contributed by atoms with E-state index in [1.54, 1.807) is 4.72 Å². The molecule has 1 heterocycles. The summed E-state index contributed by atoms with van der Waals surface area (Å²) in [5, 5.41) is -0.515. The number of nitrogens with one attached hydrogen (secondary N) is 1. The van der Waals surface area contributed by atoms with Crippen LogP contribution >= 0.6 is 0 Å². The summed E-state index contributed by atoms with van der Waals surface area (Å²) in [5.41, 5.74) is 0. The Hall–Kier alpha value is -1.68. The van der Waals surface area contributed by atoms with Crippen LogP contribution in [0.25, 0.3) is 0 Å². The van der Waals surface area contributed by atoms with Gasteiger partial charge in [-0.1, -0.05) is 6.07 Å². The SMILES string of the molecule is CC(=O)NS(=O)(=O)c1cccc(OS(C)(=O)=O)n1. The second-order valence-corrected chi connectivity index (χ2v) is 6.47. The third-order valence-corrected chi connectivity index (χ3v) is 3.30. The quantitative estimate of drug-likeness (QED) is 0.725. The van der Waals surface area contributed by atoms with E-state index in [2.05, 4.69) is 9.17 Å². The van der Waals surface area contributed by atoms with E-state index in [0.717, 1.165) is 19.2 Å². The smallest absolute Gasteiger partial charge is 0.307 e. The van der Waals surface area contributed by atoms with E-state index < -0.39 is 37.0 Å². The van der Waals surface area contributed by atoms with E-state index in [-0.39, 0.29) is 0 Å². The van der Waals surface area contributed by atoms with Crippen molar-refractivity contribution in [1.29, 1.82) is 0 Å². The van der Waals surface area contributed by atoms with Gasteiger partial charge in [-0.25, -0.2) is 4.72 Å². The van der Waals surface area contributed by atoms with E-state index >= 15 is 0 Å². The molecule has 0 saturated heterocycles. The highest BCUT2D eigenvalue weighted by molar-refractivity contribution is 7.90. The third kappa shape index (κ3) is 4.30. The first kappa shape index (κ1) is 14.4. The van der Waals surface area contributed by atoms with Crippen molar-refractivity contribution in [2.75, 3.05) is 6.26 Å². The van der Waals surface area contributed by atoms with Gasteiger partial charge in [-0.2, -0.15) is 21.8 Å². The number of rotatable bonds is 4. The predicted octanol–water partition coefficient (Wildman–Crippen LogP) is -0.755. The first-order valence-corrected chi connectivity index (χ1v) is 7.80. The van der Waals surface area contributed by atoms with Crippen molar-refractivity contribution in [2.24, 2.45) is 0 Å². The van der Waals surface area contributed by atoms with Gasteiger partial charge in [0.25, 0.3) is 10.0 Å². The Kier molecular flexibility index (Phi) is 3.92. The predicted molar refractivity (Wildman–Crippen MR) is 60.7 cm³/mol. The Labute approximate surface area is 104 Å². The van der Waals surface area contributed by atoms with Crippen molar-refractivity contribution in [3.8, 4) is 5.88 Å². The molecule has 100 valence electrons. The number of sulfonamides is 1. The topological polar surface area (TPSA) is 119 Å². The summed E-state index contributed by atoms with van der Waals surface area (Å²) >= 11 is 0. The van der Waals surface area contributed by atoms with Crippen molar-refractivity contribution in [2.45, 2.75) is 11.9 Å². The van der Waals surface area contributed by atoms with E-state index in [1.807, 2.05) is 0 Å². The van der Waals surface area contributed by atoms with E-state index in [0.29, 0.717) is 0 Å². The molecule has 1 amide bonds. The summed E-state index contributed by atoms with van der Waals surface area (Å²) in [6.45, 7) is 1.02. The number of hydrogen-bond acceptors (Lipinski definition) is 7.